The topological polar surface area (TPSA) is 124 Å². The first-order valence-electron chi connectivity index (χ1n) is 8.91. The van der Waals surface area contributed by atoms with Gasteiger partial charge in [-0.3, -0.25) is 15.0 Å². The van der Waals surface area contributed by atoms with Crippen molar-refractivity contribution in [1.29, 1.82) is 5.41 Å². The number of halogens is 1. The second-order valence-corrected chi connectivity index (χ2v) is 7.68. The Labute approximate surface area is 180 Å². The Balaban J connectivity index is 0.00000420. The molecule has 10 heteroatoms. The maximum absolute atomic E-state index is 11.9. The Bertz CT molecular complexity index is 851. The third kappa shape index (κ3) is 8.08. The van der Waals surface area contributed by atoms with Crippen LogP contribution in [0.1, 0.15) is 29.5 Å². The Morgan fingerprint density at radius 3 is 2.34 bits per heavy atom. The second kappa shape index (κ2) is 11.4. The number of rotatable bonds is 8. The number of hydrogen-bond acceptors (Lipinski definition) is 5. The highest BCUT2D eigenvalue weighted by molar-refractivity contribution is 7.15. The maximum Gasteiger partial charge on any atom is 0.223 e. The highest BCUT2D eigenvalue weighted by Gasteiger charge is 2.14. The third-order valence-corrected chi connectivity index (χ3v) is 5.08. The number of carbonyl (C=O) groups excluding carboxylic acids is 2. The van der Waals surface area contributed by atoms with Gasteiger partial charge >= 0.3 is 0 Å². The summed E-state index contributed by atoms with van der Waals surface area (Å²) < 4.78 is 0. The molecule has 8 nitrogen and oxygen atoms in total. The van der Waals surface area contributed by atoms with Gasteiger partial charge in [0.2, 0.25) is 11.8 Å². The van der Waals surface area contributed by atoms with E-state index in [0.29, 0.717) is 24.4 Å². The molecule has 0 saturated heterocycles. The zero-order chi connectivity index (χ0) is 20.7. The van der Waals surface area contributed by atoms with Crippen LogP contribution in [-0.2, 0) is 28.9 Å². The van der Waals surface area contributed by atoms with Crippen molar-refractivity contribution in [2.24, 2.45) is 5.73 Å². The van der Waals surface area contributed by atoms with E-state index in [9.17, 15) is 9.59 Å². The number of aromatic nitrogens is 1. The van der Waals surface area contributed by atoms with Crippen LogP contribution in [0.2, 0.25) is 0 Å². The minimum atomic E-state index is -0.162. The van der Waals surface area contributed by atoms with Crippen molar-refractivity contribution in [3.63, 3.8) is 0 Å². The van der Waals surface area contributed by atoms with Gasteiger partial charge in [-0.05, 0) is 37.0 Å². The Morgan fingerprint density at radius 2 is 1.79 bits per heavy atom. The lowest BCUT2D eigenvalue weighted by Crippen LogP contribution is -2.21. The van der Waals surface area contributed by atoms with Gasteiger partial charge in [0, 0.05) is 38.0 Å². The van der Waals surface area contributed by atoms with Gasteiger partial charge in [0.15, 0.2) is 11.1 Å². The molecule has 0 unspecified atom stereocenters. The fourth-order valence-electron chi connectivity index (χ4n) is 2.60. The van der Waals surface area contributed by atoms with Crippen LogP contribution in [0.3, 0.4) is 0 Å². The number of amides is 2. The van der Waals surface area contributed by atoms with Gasteiger partial charge in [0.25, 0.3) is 0 Å². The summed E-state index contributed by atoms with van der Waals surface area (Å²) in [6, 6.07) is 7.69. The molecule has 0 radical (unpaired) electrons. The van der Waals surface area contributed by atoms with Crippen LogP contribution < -0.4 is 16.4 Å². The van der Waals surface area contributed by atoms with Crippen LogP contribution in [-0.4, -0.2) is 41.8 Å². The standard InChI is InChI=1S/C19H26N6O2S.ClH/c1-12(26)22-19-24-15(16(28-19)10-11-17(27)25(2)3)9-6-13-4-7-14(8-5-13)23-18(20)21;/h4-5,7-8H,6,9-11H2,1-3H3,(H4,20,21,23)(H,22,24,26);1H. The number of nitrogens with zero attached hydrogens (tertiary/aromatic N) is 2. The maximum atomic E-state index is 11.9. The van der Waals surface area contributed by atoms with Crippen LogP contribution in [0, 0.1) is 5.41 Å². The molecule has 2 aromatic rings. The molecule has 2 rings (SSSR count). The van der Waals surface area contributed by atoms with Gasteiger partial charge < -0.3 is 21.3 Å². The van der Waals surface area contributed by atoms with Crippen molar-refractivity contribution in [1.82, 2.24) is 9.88 Å². The number of carbonyl (C=O) groups is 2. The normalized spacial score (nSPS) is 10.0. The molecule has 0 fully saturated rings. The van der Waals surface area contributed by atoms with E-state index < -0.39 is 0 Å². The summed E-state index contributed by atoms with van der Waals surface area (Å²) in [6.07, 6.45) is 2.50. The number of benzene rings is 1. The zero-order valence-corrected chi connectivity index (χ0v) is 18.4. The molecule has 0 aliphatic rings. The number of hydrogen-bond donors (Lipinski definition) is 4. The number of thiazole rings is 1. The van der Waals surface area contributed by atoms with Gasteiger partial charge in [-0.15, -0.1) is 23.7 Å². The quantitative estimate of drug-likeness (QED) is 0.372. The van der Waals surface area contributed by atoms with Crippen molar-refractivity contribution in [3.8, 4) is 0 Å². The number of anilines is 2. The SMILES string of the molecule is CC(=O)Nc1nc(CCc2ccc(NC(=N)N)cc2)c(CCC(=O)N(C)C)s1.Cl. The largest absolute Gasteiger partial charge is 0.370 e. The summed E-state index contributed by atoms with van der Waals surface area (Å²) >= 11 is 1.42. The highest BCUT2D eigenvalue weighted by atomic mass is 35.5. The van der Waals surface area contributed by atoms with Crippen LogP contribution in [0.25, 0.3) is 0 Å². The molecule has 5 N–H and O–H groups in total. The Morgan fingerprint density at radius 1 is 1.14 bits per heavy atom. The van der Waals surface area contributed by atoms with Crippen LogP contribution in [0.15, 0.2) is 24.3 Å². The summed E-state index contributed by atoms with van der Waals surface area (Å²) in [5.41, 5.74) is 8.12. The van der Waals surface area contributed by atoms with E-state index >= 15 is 0 Å². The van der Waals surface area contributed by atoms with Gasteiger partial charge in [-0.1, -0.05) is 12.1 Å². The average molecular weight is 439 g/mol. The lowest BCUT2D eigenvalue weighted by molar-refractivity contribution is -0.128. The molecule has 0 spiro atoms. The minimum Gasteiger partial charge on any atom is -0.370 e. The molecule has 29 heavy (non-hydrogen) atoms. The van der Waals surface area contributed by atoms with Crippen LogP contribution in [0.5, 0.6) is 0 Å². The first kappa shape index (κ1) is 24.4. The summed E-state index contributed by atoms with van der Waals surface area (Å²) in [4.78, 5) is 30.4. The highest BCUT2D eigenvalue weighted by Crippen LogP contribution is 2.26. The predicted octanol–water partition coefficient (Wildman–Crippen LogP) is 2.63. The van der Waals surface area contributed by atoms with E-state index in [-0.39, 0.29) is 30.2 Å². The second-order valence-electron chi connectivity index (χ2n) is 6.59. The number of guanidine groups is 1. The zero-order valence-electron chi connectivity index (χ0n) is 16.7. The molecule has 0 bridgehead atoms. The van der Waals surface area contributed by atoms with Crippen molar-refractivity contribution < 1.29 is 9.59 Å². The summed E-state index contributed by atoms with van der Waals surface area (Å²) in [5.74, 6) is -0.198. The van der Waals surface area contributed by atoms with Gasteiger partial charge in [0.1, 0.15) is 0 Å². The van der Waals surface area contributed by atoms with E-state index in [4.69, 9.17) is 11.1 Å². The van der Waals surface area contributed by atoms with E-state index in [0.717, 1.165) is 28.2 Å². The molecule has 0 aliphatic carbocycles. The van der Waals surface area contributed by atoms with Gasteiger partial charge in [-0.2, -0.15) is 0 Å². The predicted molar refractivity (Wildman–Crippen MR) is 120 cm³/mol. The Kier molecular flexibility index (Phi) is 9.57. The van der Waals surface area contributed by atoms with Crippen molar-refractivity contribution in [2.45, 2.75) is 32.6 Å². The average Bonchev–Trinajstić information content (AvgIpc) is 2.99. The molecule has 1 aromatic heterocycles. The van der Waals surface area contributed by atoms with Crippen molar-refractivity contribution in [3.05, 3.63) is 40.4 Å². The first-order valence-corrected chi connectivity index (χ1v) is 9.72. The molecule has 0 aliphatic heterocycles. The molecule has 1 aromatic carbocycles. The lowest BCUT2D eigenvalue weighted by Gasteiger charge is -2.09. The fourth-order valence-corrected chi connectivity index (χ4v) is 3.65. The van der Waals surface area contributed by atoms with E-state index in [2.05, 4.69) is 15.6 Å². The molecular weight excluding hydrogens is 412 g/mol. The lowest BCUT2D eigenvalue weighted by atomic mass is 10.1. The van der Waals surface area contributed by atoms with Crippen LogP contribution >= 0.6 is 23.7 Å². The van der Waals surface area contributed by atoms with Crippen LogP contribution in [0.4, 0.5) is 10.8 Å². The number of nitrogens with one attached hydrogen (secondary N) is 3. The fraction of sp³-hybridized carbons (Fsp3) is 0.368. The smallest absolute Gasteiger partial charge is 0.223 e. The summed E-state index contributed by atoms with van der Waals surface area (Å²) in [5, 5.41) is 13.3. The summed E-state index contributed by atoms with van der Waals surface area (Å²) in [7, 11) is 3.48. The minimum absolute atomic E-state index is 0. The molecule has 1 heterocycles. The van der Waals surface area contributed by atoms with E-state index in [1.54, 1.807) is 19.0 Å². The monoisotopic (exact) mass is 438 g/mol. The molecular formula is C19H27ClN6O2S. The van der Waals surface area contributed by atoms with E-state index in [1.165, 1.54) is 18.3 Å². The molecule has 0 saturated carbocycles. The molecule has 2 amide bonds. The Hall–Kier alpha value is -2.65. The van der Waals surface area contributed by atoms with Gasteiger partial charge in [-0.25, -0.2) is 4.98 Å². The molecule has 158 valence electrons. The third-order valence-electron chi connectivity index (χ3n) is 4.01. The van der Waals surface area contributed by atoms with Gasteiger partial charge in [0.05, 0.1) is 5.69 Å². The van der Waals surface area contributed by atoms with Crippen molar-refractivity contribution in [2.75, 3.05) is 24.7 Å². The molecule has 0 atom stereocenters. The number of nitrogens with two attached hydrogens (primary N) is 1. The first-order chi connectivity index (χ1) is 13.2. The summed E-state index contributed by atoms with van der Waals surface area (Å²) in [6.45, 7) is 1.45. The van der Waals surface area contributed by atoms with E-state index in [1.807, 2.05) is 24.3 Å². The number of aryl methyl sites for hydroxylation is 3. The van der Waals surface area contributed by atoms with Crippen molar-refractivity contribution >= 4 is 52.3 Å².